The molecular weight excluding hydrogens is 412 g/mol. The lowest BCUT2D eigenvalue weighted by atomic mass is 10.0. The average Bonchev–Trinajstić information content (AvgIpc) is 3.25. The first-order chi connectivity index (χ1) is 15.2. The zero-order valence-electron chi connectivity index (χ0n) is 17.3. The Morgan fingerprint density at radius 3 is 2.45 bits per heavy atom. The van der Waals surface area contributed by atoms with Gasteiger partial charge in [-0.1, -0.05) is 23.7 Å². The maximum Gasteiger partial charge on any atom is 0.195 e. The van der Waals surface area contributed by atoms with Crippen LogP contribution in [0.3, 0.4) is 0 Å². The molecule has 0 amide bonds. The number of hydrogen-bond acceptors (Lipinski definition) is 5. The first-order valence-corrected chi connectivity index (χ1v) is 10.6. The summed E-state index contributed by atoms with van der Waals surface area (Å²) in [6.45, 7) is 2.61. The van der Waals surface area contributed by atoms with Crippen molar-refractivity contribution in [2.75, 3.05) is 13.7 Å². The fraction of sp³-hybridized carbons (Fsp3) is 0.200. The quantitative estimate of drug-likeness (QED) is 0.554. The first-order valence-electron chi connectivity index (χ1n) is 10.3. The lowest BCUT2D eigenvalue weighted by Crippen LogP contribution is -2.43. The Morgan fingerprint density at radius 2 is 1.74 bits per heavy atom. The Bertz CT molecular complexity index is 1110. The van der Waals surface area contributed by atoms with Crippen LogP contribution >= 0.6 is 11.6 Å². The molecule has 2 heterocycles. The van der Waals surface area contributed by atoms with Crippen molar-refractivity contribution in [3.63, 3.8) is 0 Å². The summed E-state index contributed by atoms with van der Waals surface area (Å²) in [6, 6.07) is 21.8. The Labute approximate surface area is 186 Å². The molecule has 2 aliphatic heterocycles. The lowest BCUT2D eigenvalue weighted by molar-refractivity contribution is -0.0326. The minimum absolute atomic E-state index is 0.0175. The van der Waals surface area contributed by atoms with E-state index in [0.29, 0.717) is 11.6 Å². The van der Waals surface area contributed by atoms with E-state index in [1.54, 1.807) is 7.11 Å². The SMILES string of the molecule is CCOc1ccc(C2Oc3ccc(Cl)cc3C3C=C(c4ccc(OC)cc4)NN32)cc1. The second-order valence-corrected chi connectivity index (χ2v) is 7.86. The highest BCUT2D eigenvalue weighted by Crippen LogP contribution is 2.46. The number of ether oxygens (including phenoxy) is 3. The molecular formula is C25H23ClN2O3. The number of benzene rings is 3. The molecule has 0 radical (unpaired) electrons. The van der Waals surface area contributed by atoms with Crippen LogP contribution in [0.4, 0.5) is 0 Å². The highest BCUT2D eigenvalue weighted by Gasteiger charge is 2.40. The number of hydrogen-bond donors (Lipinski definition) is 1. The van der Waals surface area contributed by atoms with E-state index in [2.05, 4.69) is 16.5 Å². The molecule has 31 heavy (non-hydrogen) atoms. The minimum atomic E-state index is -0.304. The molecule has 1 N–H and O–H groups in total. The Kier molecular flexibility index (Phi) is 5.22. The van der Waals surface area contributed by atoms with Crippen LogP contribution in [0.5, 0.6) is 17.2 Å². The van der Waals surface area contributed by atoms with Gasteiger partial charge in [0.15, 0.2) is 6.23 Å². The smallest absolute Gasteiger partial charge is 0.195 e. The third-order valence-electron chi connectivity index (χ3n) is 5.53. The molecule has 0 aromatic heterocycles. The van der Waals surface area contributed by atoms with E-state index < -0.39 is 0 Å². The molecule has 0 aliphatic carbocycles. The second-order valence-electron chi connectivity index (χ2n) is 7.43. The van der Waals surface area contributed by atoms with Crippen molar-refractivity contribution in [1.29, 1.82) is 0 Å². The number of nitrogens with one attached hydrogen (secondary N) is 1. The van der Waals surface area contributed by atoms with E-state index in [0.717, 1.165) is 39.6 Å². The van der Waals surface area contributed by atoms with Gasteiger partial charge < -0.3 is 19.6 Å². The summed E-state index contributed by atoms with van der Waals surface area (Å²) >= 11 is 6.31. The molecule has 3 aromatic carbocycles. The van der Waals surface area contributed by atoms with E-state index >= 15 is 0 Å². The monoisotopic (exact) mass is 434 g/mol. The Hall–Kier alpha value is -3.15. The normalized spacial score (nSPS) is 19.5. The topological polar surface area (TPSA) is 43.0 Å². The van der Waals surface area contributed by atoms with Gasteiger partial charge in [-0.3, -0.25) is 0 Å². The van der Waals surface area contributed by atoms with Crippen molar-refractivity contribution in [1.82, 2.24) is 10.4 Å². The van der Waals surface area contributed by atoms with Crippen molar-refractivity contribution < 1.29 is 14.2 Å². The van der Waals surface area contributed by atoms with Crippen LogP contribution < -0.4 is 19.6 Å². The largest absolute Gasteiger partial charge is 0.497 e. The van der Waals surface area contributed by atoms with Crippen LogP contribution in [-0.4, -0.2) is 18.7 Å². The van der Waals surface area contributed by atoms with Gasteiger partial charge in [0, 0.05) is 16.1 Å². The van der Waals surface area contributed by atoms with Gasteiger partial charge in [0.25, 0.3) is 0 Å². The lowest BCUT2D eigenvalue weighted by Gasteiger charge is -2.39. The van der Waals surface area contributed by atoms with E-state index in [1.807, 2.05) is 73.7 Å². The van der Waals surface area contributed by atoms with Crippen LogP contribution in [0.1, 0.15) is 35.9 Å². The highest BCUT2D eigenvalue weighted by molar-refractivity contribution is 6.30. The van der Waals surface area contributed by atoms with E-state index in [1.165, 1.54) is 0 Å². The second kappa shape index (κ2) is 8.17. The summed E-state index contributed by atoms with van der Waals surface area (Å²) in [5.41, 5.74) is 7.70. The molecule has 3 aromatic rings. The van der Waals surface area contributed by atoms with Gasteiger partial charge in [0.2, 0.25) is 0 Å². The van der Waals surface area contributed by atoms with Crippen molar-refractivity contribution in [2.24, 2.45) is 0 Å². The maximum absolute atomic E-state index is 6.42. The van der Waals surface area contributed by atoms with Crippen LogP contribution in [0.15, 0.2) is 72.8 Å². The van der Waals surface area contributed by atoms with Gasteiger partial charge in [-0.2, -0.15) is 5.01 Å². The van der Waals surface area contributed by atoms with Gasteiger partial charge in [-0.25, -0.2) is 0 Å². The number of rotatable bonds is 5. The number of nitrogens with zero attached hydrogens (tertiary/aromatic N) is 1. The van der Waals surface area contributed by atoms with Crippen LogP contribution in [-0.2, 0) is 0 Å². The van der Waals surface area contributed by atoms with E-state index in [9.17, 15) is 0 Å². The first kappa shape index (κ1) is 19.8. The number of methoxy groups -OCH3 is 1. The van der Waals surface area contributed by atoms with Gasteiger partial charge in [0.1, 0.15) is 17.2 Å². The van der Waals surface area contributed by atoms with Gasteiger partial charge >= 0.3 is 0 Å². The summed E-state index contributed by atoms with van der Waals surface area (Å²) < 4.78 is 17.3. The van der Waals surface area contributed by atoms with Gasteiger partial charge in [0.05, 0.1) is 25.5 Å². The zero-order chi connectivity index (χ0) is 21.4. The van der Waals surface area contributed by atoms with Gasteiger partial charge in [-0.05, 0) is 73.2 Å². The van der Waals surface area contributed by atoms with Crippen molar-refractivity contribution in [2.45, 2.75) is 19.2 Å². The minimum Gasteiger partial charge on any atom is -0.497 e. The molecule has 0 bridgehead atoms. The Morgan fingerprint density at radius 1 is 1.00 bits per heavy atom. The van der Waals surface area contributed by atoms with Gasteiger partial charge in [-0.15, -0.1) is 0 Å². The molecule has 0 saturated heterocycles. The number of fused-ring (bicyclic) bond motifs is 3. The summed E-state index contributed by atoms with van der Waals surface area (Å²) in [7, 11) is 1.67. The molecule has 0 saturated carbocycles. The predicted octanol–water partition coefficient (Wildman–Crippen LogP) is 5.74. The molecule has 5 rings (SSSR count). The third-order valence-corrected chi connectivity index (χ3v) is 5.77. The molecule has 2 atom stereocenters. The molecule has 158 valence electrons. The number of hydrazine groups is 1. The average molecular weight is 435 g/mol. The van der Waals surface area contributed by atoms with Crippen LogP contribution in [0, 0.1) is 0 Å². The molecule has 5 nitrogen and oxygen atoms in total. The van der Waals surface area contributed by atoms with Crippen LogP contribution in [0.2, 0.25) is 5.02 Å². The molecule has 2 aliphatic rings. The Balaban J connectivity index is 1.52. The standard InChI is InChI=1S/C25H23ClN2O3/c1-3-30-20-11-6-17(7-12-20)25-28-23(21-14-18(26)8-13-24(21)31-25)15-22(27-28)16-4-9-19(29-2)10-5-16/h4-15,23,25,27H,3H2,1-2H3. The molecule has 0 spiro atoms. The summed E-state index contributed by atoms with van der Waals surface area (Å²) in [5, 5.41) is 2.81. The van der Waals surface area contributed by atoms with E-state index in [4.69, 9.17) is 25.8 Å². The fourth-order valence-corrected chi connectivity index (χ4v) is 4.20. The summed E-state index contributed by atoms with van der Waals surface area (Å²) in [4.78, 5) is 0. The summed E-state index contributed by atoms with van der Waals surface area (Å²) in [6.07, 6.45) is 1.91. The predicted molar refractivity (Wildman–Crippen MR) is 121 cm³/mol. The van der Waals surface area contributed by atoms with Crippen molar-refractivity contribution in [3.05, 3.63) is 94.5 Å². The maximum atomic E-state index is 6.42. The fourth-order valence-electron chi connectivity index (χ4n) is 4.02. The third kappa shape index (κ3) is 3.71. The molecule has 0 fully saturated rings. The molecule has 2 unspecified atom stereocenters. The zero-order valence-corrected chi connectivity index (χ0v) is 18.1. The summed E-state index contributed by atoms with van der Waals surface area (Å²) in [5.74, 6) is 2.50. The number of halogens is 1. The van der Waals surface area contributed by atoms with E-state index in [-0.39, 0.29) is 12.3 Å². The molecule has 6 heteroatoms. The highest BCUT2D eigenvalue weighted by atomic mass is 35.5. The van der Waals surface area contributed by atoms with Crippen molar-refractivity contribution in [3.8, 4) is 17.2 Å². The van der Waals surface area contributed by atoms with Crippen LogP contribution in [0.25, 0.3) is 5.70 Å². The van der Waals surface area contributed by atoms with Crippen molar-refractivity contribution >= 4 is 17.3 Å².